The number of nitrogens with zero attached hydrogens (tertiary/aromatic N) is 3. The van der Waals surface area contributed by atoms with Gasteiger partial charge in [-0.2, -0.15) is 16.6 Å². The Balaban J connectivity index is 2.09. The molecule has 2 aromatic heterocycles. The molecule has 3 rings (SSSR count). The molecule has 2 heterocycles. The van der Waals surface area contributed by atoms with Crippen LogP contribution in [0.15, 0.2) is 35.0 Å². The largest absolute Gasteiger partial charge is 0.331 e. The van der Waals surface area contributed by atoms with Gasteiger partial charge >= 0.3 is 0 Å². The van der Waals surface area contributed by atoms with E-state index in [0.29, 0.717) is 5.56 Å². The van der Waals surface area contributed by atoms with Gasteiger partial charge in [-0.3, -0.25) is 0 Å². The van der Waals surface area contributed by atoms with E-state index in [1.165, 1.54) is 5.56 Å². The van der Waals surface area contributed by atoms with Gasteiger partial charge in [-0.15, -0.1) is 0 Å². The highest BCUT2D eigenvalue weighted by Crippen LogP contribution is 2.19. The van der Waals surface area contributed by atoms with E-state index < -0.39 is 0 Å². The lowest BCUT2D eigenvalue weighted by atomic mass is 10.2. The average molecular weight is 253 g/mol. The normalized spacial score (nSPS) is 10.7. The maximum Gasteiger partial charge on any atom is 0.114 e. The number of aryl methyl sites for hydroxylation is 1. The Hall–Kier alpha value is -2.12. The van der Waals surface area contributed by atoms with Crippen molar-refractivity contribution in [3.05, 3.63) is 52.0 Å². The first-order valence-electron chi connectivity index (χ1n) is 5.64. The van der Waals surface area contributed by atoms with Gasteiger partial charge in [0.25, 0.3) is 0 Å². The predicted octanol–water partition coefficient (Wildman–Crippen LogP) is 3.10. The number of nitriles is 1. The molecule has 0 aliphatic carbocycles. The van der Waals surface area contributed by atoms with Crippen molar-refractivity contribution in [2.45, 2.75) is 6.42 Å². The molecule has 0 atom stereocenters. The van der Waals surface area contributed by atoms with Gasteiger partial charge in [0.1, 0.15) is 5.82 Å². The van der Waals surface area contributed by atoms with Gasteiger partial charge in [-0.05, 0) is 40.6 Å². The van der Waals surface area contributed by atoms with E-state index in [9.17, 15) is 0 Å². The predicted molar refractivity (Wildman–Crippen MR) is 72.6 cm³/mol. The lowest BCUT2D eigenvalue weighted by Crippen LogP contribution is -1.98. The van der Waals surface area contributed by atoms with Crippen LogP contribution in [0.4, 0.5) is 0 Å². The number of thiophene rings is 1. The fraction of sp³-hybridized carbons (Fsp3) is 0.143. The molecular formula is C14H11N3S. The Labute approximate surface area is 109 Å². The molecule has 3 nitrogen and oxygen atoms in total. The zero-order chi connectivity index (χ0) is 12.5. The lowest BCUT2D eigenvalue weighted by Gasteiger charge is -2.00. The first-order valence-corrected chi connectivity index (χ1v) is 6.59. The van der Waals surface area contributed by atoms with Crippen LogP contribution < -0.4 is 0 Å². The van der Waals surface area contributed by atoms with E-state index in [4.69, 9.17) is 5.26 Å². The first kappa shape index (κ1) is 11.0. The molecule has 0 unspecified atom stereocenters. The monoisotopic (exact) mass is 253 g/mol. The maximum absolute atomic E-state index is 8.92. The SMILES string of the molecule is Cn1c(Cc2ccsc2)nc2ccc(C#N)cc21. The fourth-order valence-electron chi connectivity index (χ4n) is 2.04. The van der Waals surface area contributed by atoms with Gasteiger partial charge in [0.05, 0.1) is 22.7 Å². The van der Waals surface area contributed by atoms with Crippen LogP contribution in [0.3, 0.4) is 0 Å². The van der Waals surface area contributed by atoms with Gasteiger partial charge < -0.3 is 4.57 Å². The van der Waals surface area contributed by atoms with Gasteiger partial charge in [-0.25, -0.2) is 4.98 Å². The van der Waals surface area contributed by atoms with E-state index in [0.717, 1.165) is 23.3 Å². The Morgan fingerprint density at radius 1 is 1.39 bits per heavy atom. The quantitative estimate of drug-likeness (QED) is 0.704. The number of imidazole rings is 1. The van der Waals surface area contributed by atoms with Crippen LogP contribution >= 0.6 is 11.3 Å². The van der Waals surface area contributed by atoms with E-state index in [2.05, 4.69) is 32.4 Å². The van der Waals surface area contributed by atoms with E-state index >= 15 is 0 Å². The van der Waals surface area contributed by atoms with Crippen LogP contribution in [-0.4, -0.2) is 9.55 Å². The first-order chi connectivity index (χ1) is 8.78. The van der Waals surface area contributed by atoms with Crippen molar-refractivity contribution in [2.75, 3.05) is 0 Å². The molecule has 0 N–H and O–H groups in total. The summed E-state index contributed by atoms with van der Waals surface area (Å²) < 4.78 is 2.06. The summed E-state index contributed by atoms with van der Waals surface area (Å²) in [6.07, 6.45) is 0.830. The number of hydrogen-bond donors (Lipinski definition) is 0. The van der Waals surface area contributed by atoms with Crippen molar-refractivity contribution < 1.29 is 0 Å². The summed E-state index contributed by atoms with van der Waals surface area (Å²) in [5.74, 6) is 1.03. The molecule has 0 radical (unpaired) electrons. The molecule has 0 aliphatic rings. The van der Waals surface area contributed by atoms with Gasteiger partial charge in [-0.1, -0.05) is 0 Å². The number of rotatable bonds is 2. The topological polar surface area (TPSA) is 41.6 Å². The molecule has 0 spiro atoms. The maximum atomic E-state index is 8.92. The van der Waals surface area contributed by atoms with Crippen LogP contribution in [0.5, 0.6) is 0 Å². The van der Waals surface area contributed by atoms with Crippen molar-refractivity contribution in [1.82, 2.24) is 9.55 Å². The summed E-state index contributed by atoms with van der Waals surface area (Å²) >= 11 is 1.70. The van der Waals surface area contributed by atoms with Gasteiger partial charge in [0, 0.05) is 13.5 Å². The summed E-state index contributed by atoms with van der Waals surface area (Å²) in [6, 6.07) is 9.88. The zero-order valence-electron chi connectivity index (χ0n) is 9.92. The van der Waals surface area contributed by atoms with Crippen LogP contribution in [0, 0.1) is 11.3 Å². The summed E-state index contributed by atoms with van der Waals surface area (Å²) in [5.41, 5.74) is 3.91. The second-order valence-corrected chi connectivity index (χ2v) is 4.99. The Bertz CT molecular complexity index is 732. The summed E-state index contributed by atoms with van der Waals surface area (Å²) in [7, 11) is 2.00. The minimum absolute atomic E-state index is 0.674. The third-order valence-corrected chi connectivity index (χ3v) is 3.78. The molecular weight excluding hydrogens is 242 g/mol. The minimum Gasteiger partial charge on any atom is -0.331 e. The zero-order valence-corrected chi connectivity index (χ0v) is 10.7. The highest BCUT2D eigenvalue weighted by atomic mass is 32.1. The van der Waals surface area contributed by atoms with Crippen molar-refractivity contribution in [2.24, 2.45) is 7.05 Å². The molecule has 1 aromatic carbocycles. The summed E-state index contributed by atoms with van der Waals surface area (Å²) in [6.45, 7) is 0. The molecule has 4 heteroatoms. The third-order valence-electron chi connectivity index (χ3n) is 3.04. The fourth-order valence-corrected chi connectivity index (χ4v) is 2.71. The summed E-state index contributed by atoms with van der Waals surface area (Å²) in [4.78, 5) is 4.62. The highest BCUT2D eigenvalue weighted by Gasteiger charge is 2.09. The van der Waals surface area contributed by atoms with Crippen LogP contribution in [0.25, 0.3) is 11.0 Å². The van der Waals surface area contributed by atoms with Crippen molar-refractivity contribution >= 4 is 22.4 Å². The molecule has 88 valence electrons. The standard InChI is InChI=1S/C14H11N3S/c1-17-13-6-10(8-15)2-3-12(13)16-14(17)7-11-4-5-18-9-11/h2-6,9H,7H2,1H3. The molecule has 0 amide bonds. The second kappa shape index (κ2) is 4.28. The molecule has 0 bridgehead atoms. The molecule has 0 fully saturated rings. The van der Waals surface area contributed by atoms with E-state index in [1.54, 1.807) is 11.3 Å². The smallest absolute Gasteiger partial charge is 0.114 e. The molecule has 18 heavy (non-hydrogen) atoms. The second-order valence-electron chi connectivity index (χ2n) is 4.21. The van der Waals surface area contributed by atoms with Gasteiger partial charge in [0.2, 0.25) is 0 Å². The van der Waals surface area contributed by atoms with Crippen LogP contribution in [0.1, 0.15) is 17.0 Å². The Kier molecular flexibility index (Phi) is 2.62. The van der Waals surface area contributed by atoms with Crippen molar-refractivity contribution in [3.8, 4) is 6.07 Å². The van der Waals surface area contributed by atoms with E-state index in [1.807, 2.05) is 25.2 Å². The highest BCUT2D eigenvalue weighted by molar-refractivity contribution is 7.07. The third kappa shape index (κ3) is 1.79. The summed E-state index contributed by atoms with van der Waals surface area (Å²) in [5, 5.41) is 13.1. The Morgan fingerprint density at radius 2 is 2.28 bits per heavy atom. The molecule has 0 saturated heterocycles. The average Bonchev–Trinajstić information content (AvgIpc) is 2.99. The number of benzene rings is 1. The number of aromatic nitrogens is 2. The molecule has 0 saturated carbocycles. The minimum atomic E-state index is 0.674. The van der Waals surface area contributed by atoms with Crippen LogP contribution in [-0.2, 0) is 13.5 Å². The van der Waals surface area contributed by atoms with Crippen molar-refractivity contribution in [1.29, 1.82) is 5.26 Å². The molecule has 3 aromatic rings. The van der Waals surface area contributed by atoms with Crippen molar-refractivity contribution in [3.63, 3.8) is 0 Å². The van der Waals surface area contributed by atoms with E-state index in [-0.39, 0.29) is 0 Å². The van der Waals surface area contributed by atoms with Gasteiger partial charge in [0.15, 0.2) is 0 Å². The number of hydrogen-bond acceptors (Lipinski definition) is 3. The molecule has 0 aliphatic heterocycles. The Morgan fingerprint density at radius 3 is 3.00 bits per heavy atom. The lowest BCUT2D eigenvalue weighted by molar-refractivity contribution is 0.846. The number of fused-ring (bicyclic) bond motifs is 1. The van der Waals surface area contributed by atoms with Crippen LogP contribution in [0.2, 0.25) is 0 Å².